The molecule has 0 aliphatic heterocycles. The number of nitrogen functional groups attached to an aromatic ring is 1. The Balaban J connectivity index is 1.91. The van der Waals surface area contributed by atoms with Crippen molar-refractivity contribution in [2.75, 3.05) is 12.3 Å². The molecule has 88 valence electrons. The van der Waals surface area contributed by atoms with E-state index in [4.69, 9.17) is 5.73 Å². The zero-order valence-electron chi connectivity index (χ0n) is 10.2. The van der Waals surface area contributed by atoms with E-state index in [1.165, 1.54) is 37.8 Å². The largest absolute Gasteiger partial charge is 0.399 e. The predicted octanol–water partition coefficient (Wildman–Crippen LogP) is 3.03. The van der Waals surface area contributed by atoms with Crippen LogP contribution in [0.1, 0.15) is 38.2 Å². The first-order valence-corrected chi connectivity index (χ1v) is 6.38. The molecule has 0 spiro atoms. The smallest absolute Gasteiger partial charge is 0.0314 e. The minimum Gasteiger partial charge on any atom is -0.399 e. The fraction of sp³-hybridized carbons (Fsp3) is 0.571. The number of hydrogen-bond acceptors (Lipinski definition) is 2. The fourth-order valence-electron chi connectivity index (χ4n) is 2.05. The predicted molar refractivity (Wildman–Crippen MR) is 69.2 cm³/mol. The molecule has 0 bridgehead atoms. The molecular weight excluding hydrogens is 196 g/mol. The second-order valence-electron chi connectivity index (χ2n) is 4.80. The Morgan fingerprint density at radius 2 is 1.94 bits per heavy atom. The van der Waals surface area contributed by atoms with Gasteiger partial charge in [-0.15, -0.1) is 0 Å². The van der Waals surface area contributed by atoms with Crippen LogP contribution in [-0.2, 0) is 6.54 Å². The first-order chi connectivity index (χ1) is 7.79. The quantitative estimate of drug-likeness (QED) is 0.744. The van der Waals surface area contributed by atoms with Crippen LogP contribution < -0.4 is 5.73 Å². The summed E-state index contributed by atoms with van der Waals surface area (Å²) in [5, 5.41) is 0. The summed E-state index contributed by atoms with van der Waals surface area (Å²) in [7, 11) is 0. The summed E-state index contributed by atoms with van der Waals surface area (Å²) in [5.74, 6) is 0. The molecule has 0 saturated heterocycles. The van der Waals surface area contributed by atoms with E-state index < -0.39 is 0 Å². The summed E-state index contributed by atoms with van der Waals surface area (Å²) in [6.07, 6.45) is 5.37. The van der Waals surface area contributed by atoms with E-state index in [9.17, 15) is 0 Å². The number of benzene rings is 1. The van der Waals surface area contributed by atoms with Crippen molar-refractivity contribution >= 4 is 5.69 Å². The van der Waals surface area contributed by atoms with E-state index in [1.54, 1.807) is 0 Å². The second-order valence-corrected chi connectivity index (χ2v) is 4.80. The van der Waals surface area contributed by atoms with Gasteiger partial charge in [0, 0.05) is 18.3 Å². The number of nitrogens with zero attached hydrogens (tertiary/aromatic N) is 1. The average molecular weight is 218 g/mol. The van der Waals surface area contributed by atoms with E-state index in [0.717, 1.165) is 18.3 Å². The van der Waals surface area contributed by atoms with Crippen molar-refractivity contribution in [3.63, 3.8) is 0 Å². The van der Waals surface area contributed by atoms with Gasteiger partial charge in [-0.1, -0.05) is 25.5 Å². The molecule has 0 heterocycles. The summed E-state index contributed by atoms with van der Waals surface area (Å²) in [6.45, 7) is 4.59. The maximum atomic E-state index is 5.70. The van der Waals surface area contributed by atoms with Crippen LogP contribution in [0.4, 0.5) is 5.69 Å². The monoisotopic (exact) mass is 218 g/mol. The average Bonchev–Trinajstić information content (AvgIpc) is 3.11. The highest BCUT2D eigenvalue weighted by Gasteiger charge is 2.28. The maximum absolute atomic E-state index is 5.70. The van der Waals surface area contributed by atoms with Crippen molar-refractivity contribution in [3.8, 4) is 0 Å². The highest BCUT2D eigenvalue weighted by atomic mass is 15.2. The zero-order chi connectivity index (χ0) is 11.4. The fourth-order valence-corrected chi connectivity index (χ4v) is 2.05. The SMILES string of the molecule is CCCCN(Cc1ccc(N)cc1)C1CC1. The molecule has 0 amide bonds. The van der Waals surface area contributed by atoms with Crippen molar-refractivity contribution in [3.05, 3.63) is 29.8 Å². The summed E-state index contributed by atoms with van der Waals surface area (Å²) >= 11 is 0. The summed E-state index contributed by atoms with van der Waals surface area (Å²) in [5.41, 5.74) is 7.94. The second kappa shape index (κ2) is 5.35. The van der Waals surface area contributed by atoms with E-state index in [-0.39, 0.29) is 0 Å². The number of rotatable bonds is 6. The van der Waals surface area contributed by atoms with E-state index >= 15 is 0 Å². The molecule has 1 aliphatic rings. The Morgan fingerprint density at radius 1 is 1.25 bits per heavy atom. The van der Waals surface area contributed by atoms with Crippen LogP contribution >= 0.6 is 0 Å². The lowest BCUT2D eigenvalue weighted by atomic mass is 10.2. The summed E-state index contributed by atoms with van der Waals surface area (Å²) in [4.78, 5) is 2.62. The maximum Gasteiger partial charge on any atom is 0.0314 e. The molecule has 2 rings (SSSR count). The van der Waals surface area contributed by atoms with Crippen LogP contribution in [0.3, 0.4) is 0 Å². The Morgan fingerprint density at radius 3 is 2.50 bits per heavy atom. The van der Waals surface area contributed by atoms with Gasteiger partial charge in [0.2, 0.25) is 0 Å². The van der Waals surface area contributed by atoms with Gasteiger partial charge < -0.3 is 5.73 Å². The highest BCUT2D eigenvalue weighted by Crippen LogP contribution is 2.28. The molecule has 1 aliphatic carbocycles. The van der Waals surface area contributed by atoms with Crippen LogP contribution in [-0.4, -0.2) is 17.5 Å². The molecule has 0 atom stereocenters. The molecule has 16 heavy (non-hydrogen) atoms. The third-order valence-corrected chi connectivity index (χ3v) is 3.23. The first-order valence-electron chi connectivity index (χ1n) is 6.38. The van der Waals surface area contributed by atoms with Gasteiger partial charge in [-0.2, -0.15) is 0 Å². The molecule has 0 unspecified atom stereocenters. The van der Waals surface area contributed by atoms with Gasteiger partial charge >= 0.3 is 0 Å². The van der Waals surface area contributed by atoms with E-state index in [2.05, 4.69) is 24.0 Å². The third kappa shape index (κ3) is 3.24. The van der Waals surface area contributed by atoms with Gasteiger partial charge in [0.05, 0.1) is 0 Å². The number of unbranched alkanes of at least 4 members (excludes halogenated alkanes) is 1. The molecule has 0 aromatic heterocycles. The van der Waals surface area contributed by atoms with Crippen LogP contribution in [0, 0.1) is 0 Å². The Kier molecular flexibility index (Phi) is 3.83. The van der Waals surface area contributed by atoms with Crippen molar-refractivity contribution in [2.45, 2.75) is 45.2 Å². The topological polar surface area (TPSA) is 29.3 Å². The summed E-state index contributed by atoms with van der Waals surface area (Å²) < 4.78 is 0. The molecule has 2 nitrogen and oxygen atoms in total. The molecular formula is C14H22N2. The Hall–Kier alpha value is -1.02. The number of nitrogens with two attached hydrogens (primary N) is 1. The lowest BCUT2D eigenvalue weighted by molar-refractivity contribution is 0.251. The van der Waals surface area contributed by atoms with E-state index in [0.29, 0.717) is 0 Å². The van der Waals surface area contributed by atoms with Gasteiger partial charge in [0.25, 0.3) is 0 Å². The molecule has 1 saturated carbocycles. The van der Waals surface area contributed by atoms with Gasteiger partial charge in [-0.25, -0.2) is 0 Å². The molecule has 2 N–H and O–H groups in total. The van der Waals surface area contributed by atoms with Crippen LogP contribution in [0.2, 0.25) is 0 Å². The van der Waals surface area contributed by atoms with Crippen molar-refractivity contribution in [1.29, 1.82) is 0 Å². The van der Waals surface area contributed by atoms with E-state index in [1.807, 2.05) is 12.1 Å². The molecule has 2 heteroatoms. The van der Waals surface area contributed by atoms with Gasteiger partial charge in [0.1, 0.15) is 0 Å². The Labute approximate surface area is 98.4 Å². The van der Waals surface area contributed by atoms with Crippen LogP contribution in [0.15, 0.2) is 24.3 Å². The lowest BCUT2D eigenvalue weighted by Crippen LogP contribution is -2.26. The lowest BCUT2D eigenvalue weighted by Gasteiger charge is -2.21. The van der Waals surface area contributed by atoms with Gasteiger partial charge in [0.15, 0.2) is 0 Å². The standard InChI is InChI=1S/C14H22N2/c1-2-3-10-16(14-8-9-14)11-12-4-6-13(15)7-5-12/h4-7,14H,2-3,8-11,15H2,1H3. The normalized spacial score (nSPS) is 15.6. The summed E-state index contributed by atoms with van der Waals surface area (Å²) in [6, 6.07) is 9.15. The minimum absolute atomic E-state index is 0.851. The highest BCUT2D eigenvalue weighted by molar-refractivity contribution is 5.39. The van der Waals surface area contributed by atoms with Gasteiger partial charge in [-0.05, 0) is 43.5 Å². The molecule has 1 fully saturated rings. The number of hydrogen-bond donors (Lipinski definition) is 1. The molecule has 1 aromatic carbocycles. The Bertz CT molecular complexity index is 314. The van der Waals surface area contributed by atoms with Crippen molar-refractivity contribution < 1.29 is 0 Å². The van der Waals surface area contributed by atoms with Gasteiger partial charge in [-0.3, -0.25) is 4.90 Å². The number of anilines is 1. The molecule has 0 radical (unpaired) electrons. The third-order valence-electron chi connectivity index (χ3n) is 3.23. The molecule has 1 aromatic rings. The van der Waals surface area contributed by atoms with Crippen molar-refractivity contribution in [2.24, 2.45) is 0 Å². The minimum atomic E-state index is 0.851. The van der Waals surface area contributed by atoms with Crippen LogP contribution in [0.25, 0.3) is 0 Å². The van der Waals surface area contributed by atoms with Crippen LogP contribution in [0.5, 0.6) is 0 Å². The van der Waals surface area contributed by atoms with Crippen molar-refractivity contribution in [1.82, 2.24) is 4.90 Å². The first kappa shape index (κ1) is 11.5. The zero-order valence-corrected chi connectivity index (χ0v) is 10.2.